The van der Waals surface area contributed by atoms with Gasteiger partial charge in [0.25, 0.3) is 0 Å². The first-order chi connectivity index (χ1) is 10.4. The first kappa shape index (κ1) is 16.4. The summed E-state index contributed by atoms with van der Waals surface area (Å²) in [6.07, 6.45) is 0. The average molecular weight is 309 g/mol. The van der Waals surface area contributed by atoms with Crippen molar-refractivity contribution in [3.63, 3.8) is 0 Å². The van der Waals surface area contributed by atoms with Gasteiger partial charge in [-0.05, 0) is 19.4 Å². The van der Waals surface area contributed by atoms with Crippen molar-refractivity contribution in [2.24, 2.45) is 5.92 Å². The lowest BCUT2D eigenvalue weighted by Gasteiger charge is -2.41. The van der Waals surface area contributed by atoms with Gasteiger partial charge in [-0.3, -0.25) is 14.9 Å². The standard InChI is InChI=1S/C15H19NO6/c1-3-21-14(17)13-12(10-7-5-4-6-8-10)11(16(19)20)9-22-15(13,2)18/h4-8,11-13,18H,3,9H2,1-2H3/t11-,12+,13+,15+/m1/s1. The molecule has 7 nitrogen and oxygen atoms in total. The van der Waals surface area contributed by atoms with Crippen molar-refractivity contribution in [2.75, 3.05) is 13.2 Å². The fourth-order valence-corrected chi connectivity index (χ4v) is 2.88. The van der Waals surface area contributed by atoms with Gasteiger partial charge in [-0.25, -0.2) is 0 Å². The number of carbonyl (C=O) groups is 1. The van der Waals surface area contributed by atoms with Crippen LogP contribution in [0.1, 0.15) is 25.3 Å². The molecule has 1 aliphatic rings. The molecule has 1 heterocycles. The topological polar surface area (TPSA) is 98.9 Å². The van der Waals surface area contributed by atoms with Crippen LogP contribution in [0.3, 0.4) is 0 Å². The largest absolute Gasteiger partial charge is 0.466 e. The SMILES string of the molecule is CCOC(=O)[C@@H]1[C@@H](c2ccccc2)[C@H]([N+](=O)[O-])CO[C@]1(C)O. The van der Waals surface area contributed by atoms with E-state index in [-0.39, 0.29) is 13.2 Å². The van der Waals surface area contributed by atoms with Crippen LogP contribution in [-0.4, -0.2) is 41.0 Å². The number of rotatable bonds is 4. The van der Waals surface area contributed by atoms with Gasteiger partial charge in [0.1, 0.15) is 12.5 Å². The summed E-state index contributed by atoms with van der Waals surface area (Å²) in [5.74, 6) is -4.51. The van der Waals surface area contributed by atoms with Crippen LogP contribution in [0.15, 0.2) is 30.3 Å². The van der Waals surface area contributed by atoms with Gasteiger partial charge >= 0.3 is 5.97 Å². The predicted molar refractivity (Wildman–Crippen MR) is 76.7 cm³/mol. The second-order valence-corrected chi connectivity index (χ2v) is 5.38. The minimum absolute atomic E-state index is 0.121. The lowest BCUT2D eigenvalue weighted by atomic mass is 9.75. The zero-order chi connectivity index (χ0) is 16.3. The smallest absolute Gasteiger partial charge is 0.315 e. The molecule has 0 amide bonds. The summed E-state index contributed by atoms with van der Waals surface area (Å²) in [5, 5.41) is 21.8. The summed E-state index contributed by atoms with van der Waals surface area (Å²) < 4.78 is 10.2. The fraction of sp³-hybridized carbons (Fsp3) is 0.533. The number of carbonyl (C=O) groups excluding carboxylic acids is 1. The maximum absolute atomic E-state index is 12.3. The molecule has 0 unspecified atom stereocenters. The molecule has 1 saturated heterocycles. The Labute approximate surface area is 128 Å². The monoisotopic (exact) mass is 309 g/mol. The Morgan fingerprint density at radius 2 is 2.14 bits per heavy atom. The third-order valence-electron chi connectivity index (χ3n) is 3.89. The van der Waals surface area contributed by atoms with Gasteiger partial charge in [-0.2, -0.15) is 0 Å². The van der Waals surface area contributed by atoms with E-state index in [1.807, 2.05) is 0 Å². The van der Waals surface area contributed by atoms with Crippen LogP contribution < -0.4 is 0 Å². The van der Waals surface area contributed by atoms with E-state index in [9.17, 15) is 20.0 Å². The molecule has 1 N–H and O–H groups in total. The molecule has 0 radical (unpaired) electrons. The fourth-order valence-electron chi connectivity index (χ4n) is 2.88. The molecule has 22 heavy (non-hydrogen) atoms. The number of hydrogen-bond donors (Lipinski definition) is 1. The van der Waals surface area contributed by atoms with Gasteiger partial charge < -0.3 is 14.6 Å². The highest BCUT2D eigenvalue weighted by atomic mass is 16.7. The van der Waals surface area contributed by atoms with Crippen LogP contribution in [0.2, 0.25) is 0 Å². The molecule has 0 saturated carbocycles. The first-order valence-corrected chi connectivity index (χ1v) is 7.10. The second-order valence-electron chi connectivity index (χ2n) is 5.38. The van der Waals surface area contributed by atoms with Crippen LogP contribution >= 0.6 is 0 Å². The van der Waals surface area contributed by atoms with Crippen molar-refractivity contribution in [3.8, 4) is 0 Å². The van der Waals surface area contributed by atoms with Gasteiger partial charge in [0, 0.05) is 4.92 Å². The third-order valence-corrected chi connectivity index (χ3v) is 3.89. The van der Waals surface area contributed by atoms with Gasteiger partial charge in [-0.1, -0.05) is 30.3 Å². The van der Waals surface area contributed by atoms with Crippen molar-refractivity contribution >= 4 is 5.97 Å². The molecule has 4 atom stereocenters. The average Bonchev–Trinajstić information content (AvgIpc) is 2.46. The summed E-state index contributed by atoms with van der Waals surface area (Å²) in [4.78, 5) is 23.2. The molecule has 0 aromatic heterocycles. The maximum Gasteiger partial charge on any atom is 0.315 e. The van der Waals surface area contributed by atoms with E-state index in [1.54, 1.807) is 37.3 Å². The number of esters is 1. The van der Waals surface area contributed by atoms with E-state index < -0.39 is 34.6 Å². The Morgan fingerprint density at radius 1 is 1.50 bits per heavy atom. The van der Waals surface area contributed by atoms with Crippen molar-refractivity contribution in [3.05, 3.63) is 46.0 Å². The van der Waals surface area contributed by atoms with Gasteiger partial charge in [-0.15, -0.1) is 0 Å². The molecule has 1 aliphatic heterocycles. The third kappa shape index (κ3) is 3.10. The number of benzene rings is 1. The zero-order valence-electron chi connectivity index (χ0n) is 12.5. The van der Waals surface area contributed by atoms with E-state index in [4.69, 9.17) is 9.47 Å². The van der Waals surface area contributed by atoms with E-state index in [2.05, 4.69) is 0 Å². The van der Waals surface area contributed by atoms with E-state index in [0.717, 1.165) is 0 Å². The van der Waals surface area contributed by atoms with Crippen LogP contribution in [0.4, 0.5) is 0 Å². The highest BCUT2D eigenvalue weighted by Crippen LogP contribution is 2.42. The summed E-state index contributed by atoms with van der Waals surface area (Å²) in [7, 11) is 0. The highest BCUT2D eigenvalue weighted by Gasteiger charge is 2.56. The Bertz CT molecular complexity index is 544. The second kappa shape index (κ2) is 6.41. The van der Waals surface area contributed by atoms with Crippen molar-refractivity contribution in [1.29, 1.82) is 0 Å². The molecule has 0 spiro atoms. The normalized spacial score (nSPS) is 31.5. The molecule has 1 aromatic carbocycles. The van der Waals surface area contributed by atoms with Crippen LogP contribution in [0.25, 0.3) is 0 Å². The summed E-state index contributed by atoms with van der Waals surface area (Å²) in [6, 6.07) is 7.53. The summed E-state index contributed by atoms with van der Waals surface area (Å²) in [5.41, 5.74) is 0.603. The van der Waals surface area contributed by atoms with Crippen molar-refractivity contribution < 1.29 is 24.3 Å². The molecular weight excluding hydrogens is 290 g/mol. The van der Waals surface area contributed by atoms with Crippen LogP contribution in [0.5, 0.6) is 0 Å². The maximum atomic E-state index is 12.3. The Morgan fingerprint density at radius 3 is 2.68 bits per heavy atom. The molecule has 120 valence electrons. The summed E-state index contributed by atoms with van der Waals surface area (Å²) >= 11 is 0. The Kier molecular flexibility index (Phi) is 4.77. The number of nitrogens with zero attached hydrogens (tertiary/aromatic N) is 1. The Balaban J connectivity index is 2.49. The molecule has 2 rings (SSSR count). The molecule has 7 heteroatoms. The zero-order valence-corrected chi connectivity index (χ0v) is 12.5. The lowest BCUT2D eigenvalue weighted by molar-refractivity contribution is -0.545. The van der Waals surface area contributed by atoms with E-state index >= 15 is 0 Å². The minimum Gasteiger partial charge on any atom is -0.466 e. The number of nitro groups is 1. The minimum atomic E-state index is -1.82. The van der Waals surface area contributed by atoms with E-state index in [1.165, 1.54) is 6.92 Å². The van der Waals surface area contributed by atoms with Crippen LogP contribution in [-0.2, 0) is 14.3 Å². The van der Waals surface area contributed by atoms with E-state index in [0.29, 0.717) is 5.56 Å². The quantitative estimate of drug-likeness (QED) is 0.512. The number of ether oxygens (including phenoxy) is 2. The first-order valence-electron chi connectivity index (χ1n) is 7.10. The van der Waals surface area contributed by atoms with Gasteiger partial charge in [0.2, 0.25) is 6.04 Å². The molecular formula is C15H19NO6. The Hall–Kier alpha value is -1.99. The molecule has 1 fully saturated rings. The highest BCUT2D eigenvalue weighted by molar-refractivity contribution is 5.75. The van der Waals surface area contributed by atoms with Crippen molar-refractivity contribution in [1.82, 2.24) is 0 Å². The van der Waals surface area contributed by atoms with Crippen molar-refractivity contribution in [2.45, 2.75) is 31.6 Å². The van der Waals surface area contributed by atoms with Crippen LogP contribution in [0, 0.1) is 16.0 Å². The van der Waals surface area contributed by atoms with Gasteiger partial charge in [0.15, 0.2) is 5.79 Å². The lowest BCUT2D eigenvalue weighted by Crippen LogP contribution is -2.56. The number of aliphatic hydroxyl groups is 1. The summed E-state index contributed by atoms with van der Waals surface area (Å²) in [6.45, 7) is 2.82. The molecule has 0 bridgehead atoms. The number of hydrogen-bond acceptors (Lipinski definition) is 6. The molecule has 0 aliphatic carbocycles. The predicted octanol–water partition coefficient (Wildman–Crippen LogP) is 1.33. The molecule has 1 aromatic rings. The van der Waals surface area contributed by atoms with Gasteiger partial charge in [0.05, 0.1) is 12.5 Å².